The highest BCUT2D eigenvalue weighted by Crippen LogP contribution is 2.27. The van der Waals surface area contributed by atoms with Crippen LogP contribution >= 0.6 is 0 Å². The van der Waals surface area contributed by atoms with E-state index in [2.05, 4.69) is 24.1 Å². The predicted octanol–water partition coefficient (Wildman–Crippen LogP) is 2.29. The van der Waals surface area contributed by atoms with Gasteiger partial charge in [-0.05, 0) is 48.6 Å². The van der Waals surface area contributed by atoms with Crippen LogP contribution in [0.25, 0.3) is 0 Å². The minimum Gasteiger partial charge on any atom is -0.328 e. The van der Waals surface area contributed by atoms with E-state index in [4.69, 9.17) is 0 Å². The largest absolute Gasteiger partial charge is 0.328 e. The molecule has 2 atom stereocenters. The third kappa shape index (κ3) is 4.45. The van der Waals surface area contributed by atoms with Gasteiger partial charge in [0.05, 0.1) is 10.5 Å². The van der Waals surface area contributed by atoms with Gasteiger partial charge in [0.15, 0.2) is 0 Å². The van der Waals surface area contributed by atoms with Gasteiger partial charge in [-0.25, -0.2) is 8.42 Å². The maximum atomic E-state index is 12.9. The lowest BCUT2D eigenvalue weighted by atomic mass is 9.94. The Hall–Kier alpha value is -2.45. The third-order valence-electron chi connectivity index (χ3n) is 4.63. The fourth-order valence-corrected chi connectivity index (χ4v) is 5.10. The Morgan fingerprint density at radius 3 is 2.26 bits per heavy atom. The van der Waals surface area contributed by atoms with Gasteiger partial charge in [0, 0.05) is 31.0 Å². The van der Waals surface area contributed by atoms with Crippen LogP contribution in [0.3, 0.4) is 0 Å². The summed E-state index contributed by atoms with van der Waals surface area (Å²) in [4.78, 5) is 25.9. The number of pyridine rings is 1. The van der Waals surface area contributed by atoms with E-state index in [1.54, 1.807) is 16.4 Å². The molecular weight excluding hydrogens is 366 g/mol. The van der Waals surface area contributed by atoms with Gasteiger partial charge in [0.1, 0.15) is 0 Å². The van der Waals surface area contributed by atoms with Crippen molar-refractivity contribution in [1.82, 2.24) is 9.29 Å². The first kappa shape index (κ1) is 19.3. The number of benzene rings is 1. The van der Waals surface area contributed by atoms with E-state index in [0.29, 0.717) is 36.2 Å². The molecule has 2 heterocycles. The second-order valence-corrected chi connectivity index (χ2v) is 9.13. The first-order valence-corrected chi connectivity index (χ1v) is 10.3. The summed E-state index contributed by atoms with van der Waals surface area (Å²) in [6.07, 6.45) is 2.36. The van der Waals surface area contributed by atoms with Crippen LogP contribution in [0.5, 0.6) is 0 Å². The van der Waals surface area contributed by atoms with E-state index in [9.17, 15) is 18.0 Å². The quantitative estimate of drug-likeness (QED) is 0.838. The zero-order chi connectivity index (χ0) is 19.6. The summed E-state index contributed by atoms with van der Waals surface area (Å²) in [6.45, 7) is 5.18. The van der Waals surface area contributed by atoms with E-state index in [0.717, 1.165) is 6.42 Å². The number of H-pyrrole nitrogens is 1. The monoisotopic (exact) mass is 389 g/mol. The van der Waals surface area contributed by atoms with Gasteiger partial charge in [0.25, 0.3) is 5.91 Å². The first-order valence-electron chi connectivity index (χ1n) is 8.86. The number of carbonyl (C=O) groups excluding carboxylic acids is 1. The molecule has 8 heteroatoms. The standard InChI is InChI=1S/C19H23N3O4S/c1-13-9-14(2)12-22(11-13)27(25,26)17-6-4-16(5-7-17)21-19(24)15-3-8-18(23)20-10-15/h3-8,10,13-14H,9,11-12H2,1-2H3,(H,20,23)(H,21,24)/t13-,14+. The topological polar surface area (TPSA) is 99.3 Å². The van der Waals surface area contributed by atoms with E-state index in [1.165, 1.54) is 30.5 Å². The van der Waals surface area contributed by atoms with Gasteiger partial charge in [-0.15, -0.1) is 0 Å². The zero-order valence-corrected chi connectivity index (χ0v) is 16.1. The third-order valence-corrected chi connectivity index (χ3v) is 6.48. The first-order chi connectivity index (χ1) is 12.8. The Balaban J connectivity index is 1.73. The molecule has 1 aromatic carbocycles. The normalized spacial score (nSPS) is 21.0. The molecule has 3 rings (SSSR count). The van der Waals surface area contributed by atoms with Gasteiger partial charge >= 0.3 is 0 Å². The Kier molecular flexibility index (Phi) is 5.48. The lowest BCUT2D eigenvalue weighted by Crippen LogP contribution is -2.42. The molecule has 0 aliphatic carbocycles. The molecule has 1 aliphatic heterocycles. The summed E-state index contributed by atoms with van der Waals surface area (Å²) in [5.74, 6) is 0.277. The van der Waals surface area contributed by atoms with Crippen LogP contribution in [0.15, 0.2) is 52.3 Å². The molecule has 2 N–H and O–H groups in total. The van der Waals surface area contributed by atoms with Gasteiger partial charge in [-0.2, -0.15) is 4.31 Å². The van der Waals surface area contributed by atoms with Crippen molar-refractivity contribution in [2.75, 3.05) is 18.4 Å². The summed E-state index contributed by atoms with van der Waals surface area (Å²) in [5, 5.41) is 2.68. The maximum absolute atomic E-state index is 12.9. The number of hydrogen-bond acceptors (Lipinski definition) is 4. The molecule has 1 aromatic heterocycles. The highest BCUT2D eigenvalue weighted by atomic mass is 32.2. The molecule has 1 aliphatic rings. The number of amides is 1. The number of rotatable bonds is 4. The molecule has 2 aromatic rings. The highest BCUT2D eigenvalue weighted by molar-refractivity contribution is 7.89. The van der Waals surface area contributed by atoms with Crippen LogP contribution in [0.1, 0.15) is 30.6 Å². The van der Waals surface area contributed by atoms with Crippen molar-refractivity contribution in [3.8, 4) is 0 Å². The Bertz CT molecular complexity index is 952. The number of piperidine rings is 1. The molecule has 0 unspecified atom stereocenters. The second-order valence-electron chi connectivity index (χ2n) is 7.19. The van der Waals surface area contributed by atoms with Crippen LogP contribution in [-0.2, 0) is 10.0 Å². The lowest BCUT2D eigenvalue weighted by molar-refractivity contribution is 0.102. The molecule has 1 amide bonds. The van der Waals surface area contributed by atoms with Crippen molar-refractivity contribution in [3.63, 3.8) is 0 Å². The average Bonchev–Trinajstić information content (AvgIpc) is 2.62. The molecule has 0 saturated carbocycles. The van der Waals surface area contributed by atoms with E-state index >= 15 is 0 Å². The van der Waals surface area contributed by atoms with Crippen molar-refractivity contribution in [2.24, 2.45) is 11.8 Å². The van der Waals surface area contributed by atoms with Crippen LogP contribution in [-0.4, -0.2) is 36.7 Å². The number of carbonyl (C=O) groups is 1. The summed E-state index contributed by atoms with van der Waals surface area (Å²) in [6, 6.07) is 8.82. The van der Waals surface area contributed by atoms with Crippen LogP contribution in [0.4, 0.5) is 5.69 Å². The number of nitrogens with zero attached hydrogens (tertiary/aromatic N) is 1. The number of aromatic amines is 1. The summed E-state index contributed by atoms with van der Waals surface area (Å²) in [7, 11) is -3.55. The van der Waals surface area contributed by atoms with Gasteiger partial charge < -0.3 is 10.3 Å². The smallest absolute Gasteiger partial charge is 0.257 e. The van der Waals surface area contributed by atoms with Gasteiger partial charge in [0.2, 0.25) is 15.6 Å². The van der Waals surface area contributed by atoms with Crippen LogP contribution in [0, 0.1) is 11.8 Å². The second kappa shape index (κ2) is 7.66. The van der Waals surface area contributed by atoms with Crippen molar-refractivity contribution in [1.29, 1.82) is 0 Å². The van der Waals surface area contributed by atoms with Crippen molar-refractivity contribution in [2.45, 2.75) is 25.2 Å². The molecule has 1 saturated heterocycles. The number of sulfonamides is 1. The Morgan fingerprint density at radius 2 is 1.70 bits per heavy atom. The molecular formula is C19H23N3O4S. The Morgan fingerprint density at radius 1 is 1.07 bits per heavy atom. The average molecular weight is 389 g/mol. The minimum absolute atomic E-state index is 0.214. The van der Waals surface area contributed by atoms with Crippen molar-refractivity contribution < 1.29 is 13.2 Å². The number of aromatic nitrogens is 1. The SMILES string of the molecule is C[C@@H]1C[C@H](C)CN(S(=O)(=O)c2ccc(NC(=O)c3ccc(=O)[nH]c3)cc2)C1. The maximum Gasteiger partial charge on any atom is 0.257 e. The summed E-state index contributed by atoms with van der Waals surface area (Å²) < 4.78 is 27.3. The van der Waals surface area contributed by atoms with E-state index < -0.39 is 10.0 Å². The fraction of sp³-hybridized carbons (Fsp3) is 0.368. The predicted molar refractivity (Wildman–Crippen MR) is 103 cm³/mol. The molecule has 1 fully saturated rings. The fourth-order valence-electron chi connectivity index (χ4n) is 3.42. The van der Waals surface area contributed by atoms with Gasteiger partial charge in [-0.1, -0.05) is 13.8 Å². The van der Waals surface area contributed by atoms with E-state index in [-0.39, 0.29) is 16.4 Å². The Labute approximate surface area is 158 Å². The number of nitrogens with one attached hydrogen (secondary N) is 2. The zero-order valence-electron chi connectivity index (χ0n) is 15.3. The highest BCUT2D eigenvalue weighted by Gasteiger charge is 2.31. The molecule has 27 heavy (non-hydrogen) atoms. The van der Waals surface area contributed by atoms with Crippen LogP contribution < -0.4 is 10.9 Å². The number of anilines is 1. The van der Waals surface area contributed by atoms with E-state index in [1.807, 2.05) is 0 Å². The van der Waals surface area contributed by atoms with Crippen molar-refractivity contribution >= 4 is 21.6 Å². The summed E-state index contributed by atoms with van der Waals surface area (Å²) >= 11 is 0. The molecule has 0 bridgehead atoms. The summed E-state index contributed by atoms with van der Waals surface area (Å²) in [5.41, 5.74) is 0.496. The van der Waals surface area contributed by atoms with Gasteiger partial charge in [-0.3, -0.25) is 9.59 Å². The van der Waals surface area contributed by atoms with Crippen LogP contribution in [0.2, 0.25) is 0 Å². The number of hydrogen-bond donors (Lipinski definition) is 2. The van der Waals surface area contributed by atoms with Crippen molar-refractivity contribution in [3.05, 3.63) is 58.5 Å². The molecule has 0 spiro atoms. The molecule has 144 valence electrons. The molecule has 7 nitrogen and oxygen atoms in total. The minimum atomic E-state index is -3.55. The molecule has 0 radical (unpaired) electrons. The lowest BCUT2D eigenvalue weighted by Gasteiger charge is -2.34.